The summed E-state index contributed by atoms with van der Waals surface area (Å²) in [6, 6.07) is 180. The zero-order valence-corrected chi connectivity index (χ0v) is 78.1. The lowest BCUT2D eigenvalue weighted by atomic mass is 9.89. The van der Waals surface area contributed by atoms with Crippen molar-refractivity contribution in [2.24, 2.45) is 0 Å². The van der Waals surface area contributed by atoms with Crippen molar-refractivity contribution >= 4 is 170 Å². The van der Waals surface area contributed by atoms with Crippen molar-refractivity contribution in [3.05, 3.63) is 497 Å². The van der Waals surface area contributed by atoms with Crippen molar-refractivity contribution in [1.82, 2.24) is 0 Å². The molecule has 0 amide bonds. The predicted octanol–water partition coefficient (Wildman–Crippen LogP) is 40.0. The Labute approximate surface area is 814 Å². The quantitative estimate of drug-likeness (QED) is 0.115. The van der Waals surface area contributed by atoms with Crippen LogP contribution in [0.4, 0.5) is 0 Å². The molecule has 0 aliphatic heterocycles. The summed E-state index contributed by atoms with van der Waals surface area (Å²) in [7, 11) is 0. The Hall–Kier alpha value is -16.7. The molecular weight excluding hydrogens is 1750 g/mol. The highest BCUT2D eigenvalue weighted by atomic mass is 32.1. The van der Waals surface area contributed by atoms with Crippen LogP contribution < -0.4 is 0 Å². The molecule has 0 spiro atoms. The first-order valence-electron chi connectivity index (χ1n) is 46.8. The Morgan fingerprint density at radius 3 is 0.609 bits per heavy atom. The van der Waals surface area contributed by atoms with Crippen LogP contribution in [0.5, 0.6) is 0 Å². The molecule has 0 bridgehead atoms. The maximum Gasteiger partial charge on any atom is 0.143 e. The van der Waals surface area contributed by atoms with E-state index in [0.717, 1.165) is 77.3 Å². The van der Waals surface area contributed by atoms with Crippen molar-refractivity contribution in [1.29, 1.82) is 0 Å². The van der Waals surface area contributed by atoms with Gasteiger partial charge in [-0.3, -0.25) is 0 Å². The monoisotopic (exact) mass is 1830 g/mol. The Morgan fingerprint density at radius 1 is 0.116 bits per heavy atom. The van der Waals surface area contributed by atoms with Crippen LogP contribution in [0.25, 0.3) is 269 Å². The first-order chi connectivity index (χ1) is 68.4. The molecule has 0 fully saturated rings. The first-order valence-corrected chi connectivity index (χ1v) is 50.1. The predicted molar refractivity (Wildman–Crippen MR) is 596 cm³/mol. The Bertz CT molecular complexity index is 8670. The SMILES string of the molecule is c1cc(-c2cccc(-c3cccc4c3sc3ccccc34)c2)cc(-c2cccc3c2sc2ccccc23)c1.c1ccc(-c2cc(-c3ccccc3)cc(-c3cc(-c4cccc5c4oc4ccccc45)cc(-c4cccc5c4oc4ccccc45)c3)c2)cc1.c1ccc(-c2cc(-c3ccccc3)cc(-c3cc(-c4cccc5c4sc4ccccc45)cc(-c4cccc5c4sc4ccccc45)c3)c2)cc1. The van der Waals surface area contributed by atoms with Gasteiger partial charge in [0.1, 0.15) is 22.3 Å². The van der Waals surface area contributed by atoms with Crippen LogP contribution in [0.1, 0.15) is 0 Å². The maximum atomic E-state index is 6.57. The summed E-state index contributed by atoms with van der Waals surface area (Å²) in [5.74, 6) is 0. The van der Waals surface area contributed by atoms with Gasteiger partial charge < -0.3 is 8.83 Å². The molecule has 138 heavy (non-hydrogen) atoms. The van der Waals surface area contributed by atoms with E-state index in [-0.39, 0.29) is 0 Å². The number of fused-ring (bicyclic) bond motifs is 18. The highest BCUT2D eigenvalue weighted by Gasteiger charge is 2.23. The van der Waals surface area contributed by atoms with Gasteiger partial charge >= 0.3 is 0 Å². The van der Waals surface area contributed by atoms with E-state index in [2.05, 4.69) is 473 Å². The van der Waals surface area contributed by atoms with Crippen LogP contribution in [0.15, 0.2) is 506 Å². The number of para-hydroxylation sites is 4. The van der Waals surface area contributed by atoms with Gasteiger partial charge in [-0.2, -0.15) is 0 Å². The molecule has 0 aliphatic carbocycles. The lowest BCUT2D eigenvalue weighted by Gasteiger charge is -2.15. The number of furan rings is 2. The van der Waals surface area contributed by atoms with E-state index in [4.69, 9.17) is 8.83 Å². The van der Waals surface area contributed by atoms with Crippen molar-refractivity contribution in [3.63, 3.8) is 0 Å². The summed E-state index contributed by atoms with van der Waals surface area (Å²) in [5.41, 5.74) is 34.7. The molecule has 6 aromatic heterocycles. The normalized spacial score (nSPS) is 11.6. The minimum atomic E-state index is 0.890. The standard InChI is InChI=1S/C48H30O2.C48H30S2.C36H22S2/c2*1-3-13-31(14-4-1)33-25-34(32-15-5-2-6-16-32)27-35(26-33)36-28-37(39-19-11-21-43-41-17-7-9-23-45(41)49-47(39)43)30-38(29-36)40-20-12-22-44-42-18-8-10-24-46(42)50-48(40)44;1-3-19-33-29(13-1)31-17-7-15-27(35(31)37-33)25-11-5-9-23(21-25)24-10-6-12-26(22-24)28-16-8-18-32-30-14-2-4-20-34(30)38-36(28)32/h2*1-30H;1-22H. The topological polar surface area (TPSA) is 26.3 Å². The van der Waals surface area contributed by atoms with E-state index < -0.39 is 0 Å². The lowest BCUT2D eigenvalue weighted by molar-refractivity contribution is 0.670. The van der Waals surface area contributed by atoms with Gasteiger partial charge in [-0.05, 0) is 255 Å². The molecule has 2 nitrogen and oxygen atoms in total. The number of benzene rings is 22. The molecule has 0 saturated heterocycles. The first kappa shape index (κ1) is 82.0. The molecule has 0 aliphatic rings. The zero-order chi connectivity index (χ0) is 91.1. The van der Waals surface area contributed by atoms with E-state index in [1.165, 1.54) is 192 Å². The second-order valence-corrected chi connectivity index (χ2v) is 39.7. The van der Waals surface area contributed by atoms with Gasteiger partial charge in [-0.15, -0.1) is 45.3 Å². The molecular formula is C132H82O2S4. The number of rotatable bonds is 13. The van der Waals surface area contributed by atoms with Gasteiger partial charge in [0.05, 0.1) is 0 Å². The molecule has 6 heterocycles. The van der Waals surface area contributed by atoms with E-state index in [1.54, 1.807) is 0 Å². The summed E-state index contributed by atoms with van der Waals surface area (Å²) >= 11 is 7.56. The van der Waals surface area contributed by atoms with Crippen molar-refractivity contribution in [2.75, 3.05) is 0 Å². The average Bonchev–Trinajstić information content (AvgIpc) is 1.56. The molecule has 6 heteroatoms. The highest BCUT2D eigenvalue weighted by Crippen LogP contribution is 2.51. The van der Waals surface area contributed by atoms with Crippen LogP contribution in [0.3, 0.4) is 0 Å². The third kappa shape index (κ3) is 15.0. The van der Waals surface area contributed by atoms with Gasteiger partial charge in [-0.1, -0.05) is 376 Å². The molecule has 0 saturated carbocycles. The molecule has 646 valence electrons. The maximum absolute atomic E-state index is 6.57. The Balaban J connectivity index is 0.000000108. The van der Waals surface area contributed by atoms with Crippen LogP contribution >= 0.6 is 45.3 Å². The molecule has 0 radical (unpaired) electrons. The summed E-state index contributed by atoms with van der Waals surface area (Å²) in [6.07, 6.45) is 0. The second-order valence-electron chi connectivity index (χ2n) is 35.5. The fourth-order valence-corrected chi connectivity index (χ4v) is 25.5. The average molecular weight is 1830 g/mol. The fourth-order valence-electron chi connectivity index (χ4n) is 20.6. The largest absolute Gasteiger partial charge is 0.455 e. The van der Waals surface area contributed by atoms with Crippen LogP contribution in [-0.2, 0) is 0 Å². The van der Waals surface area contributed by atoms with Gasteiger partial charge in [0.25, 0.3) is 0 Å². The number of hydrogen-bond acceptors (Lipinski definition) is 6. The molecule has 0 N–H and O–H groups in total. The van der Waals surface area contributed by atoms with Crippen LogP contribution in [0.2, 0.25) is 0 Å². The van der Waals surface area contributed by atoms with E-state index in [0.29, 0.717) is 0 Å². The van der Waals surface area contributed by atoms with Gasteiger partial charge in [-0.25, -0.2) is 0 Å². The second kappa shape index (κ2) is 35.0. The third-order valence-corrected chi connectivity index (χ3v) is 32.1. The van der Waals surface area contributed by atoms with Crippen molar-refractivity contribution < 1.29 is 8.83 Å². The number of hydrogen-bond donors (Lipinski definition) is 0. The van der Waals surface area contributed by atoms with Crippen LogP contribution in [0, 0.1) is 0 Å². The van der Waals surface area contributed by atoms with Crippen molar-refractivity contribution in [2.45, 2.75) is 0 Å². The molecule has 28 aromatic rings. The summed E-state index contributed by atoms with van der Waals surface area (Å²) in [4.78, 5) is 0. The Morgan fingerprint density at radius 2 is 0.304 bits per heavy atom. The lowest BCUT2D eigenvalue weighted by Crippen LogP contribution is -1.89. The smallest absolute Gasteiger partial charge is 0.143 e. The highest BCUT2D eigenvalue weighted by molar-refractivity contribution is 7.27. The summed E-state index contributed by atoms with van der Waals surface area (Å²) in [6.45, 7) is 0. The van der Waals surface area contributed by atoms with E-state index >= 15 is 0 Å². The third-order valence-electron chi connectivity index (χ3n) is 27.2. The van der Waals surface area contributed by atoms with Crippen molar-refractivity contribution in [3.8, 4) is 145 Å². The van der Waals surface area contributed by atoms with E-state index in [1.807, 2.05) is 69.6 Å². The van der Waals surface area contributed by atoms with E-state index in [9.17, 15) is 0 Å². The van der Waals surface area contributed by atoms with Gasteiger partial charge in [0, 0.05) is 113 Å². The molecule has 22 aromatic carbocycles. The minimum absolute atomic E-state index is 0.890. The molecule has 0 unspecified atom stereocenters. The minimum Gasteiger partial charge on any atom is -0.455 e. The molecule has 28 rings (SSSR count). The summed E-state index contributed by atoms with van der Waals surface area (Å²) < 4.78 is 23.9. The number of thiophene rings is 4. The fraction of sp³-hybridized carbons (Fsp3) is 0. The Kier molecular flexibility index (Phi) is 20.8. The van der Waals surface area contributed by atoms with Crippen LogP contribution in [-0.4, -0.2) is 0 Å². The summed E-state index contributed by atoms with van der Waals surface area (Å²) in [5, 5.41) is 15.1. The molecule has 0 atom stereocenters. The van der Waals surface area contributed by atoms with Gasteiger partial charge in [0.15, 0.2) is 0 Å². The van der Waals surface area contributed by atoms with Gasteiger partial charge in [0.2, 0.25) is 0 Å². The zero-order valence-electron chi connectivity index (χ0n) is 74.8.